The van der Waals surface area contributed by atoms with Crippen molar-refractivity contribution in [3.63, 3.8) is 0 Å². The van der Waals surface area contributed by atoms with E-state index in [-0.39, 0.29) is 21.4 Å². The number of aliphatic hydroxyl groups excluding tert-OH is 2. The number of hydrogen-bond donors (Lipinski definition) is 2. The molecule has 2 fully saturated rings. The maximum Gasteiger partial charge on any atom is 0.373 e. The van der Waals surface area contributed by atoms with E-state index in [4.69, 9.17) is 4.74 Å². The number of para-hydroxylation sites is 1. The molecule has 2 saturated carbocycles. The molecular formula is C28H34O4S. The maximum atomic E-state index is 12.6. The number of aliphatic hydroxyl groups is 2. The van der Waals surface area contributed by atoms with Gasteiger partial charge in [0.05, 0.1) is 12.2 Å². The minimum Gasteiger partial charge on any atom is -0.418 e. The van der Waals surface area contributed by atoms with Crippen LogP contribution < -0.4 is 4.74 Å². The highest BCUT2D eigenvalue weighted by atomic mass is 32.2. The van der Waals surface area contributed by atoms with Crippen LogP contribution >= 0.6 is 11.8 Å². The van der Waals surface area contributed by atoms with Crippen molar-refractivity contribution >= 4 is 17.1 Å². The third-order valence-electron chi connectivity index (χ3n) is 8.95. The molecule has 0 amide bonds. The molecule has 4 nitrogen and oxygen atoms in total. The van der Waals surface area contributed by atoms with Crippen LogP contribution in [-0.2, 0) is 0 Å². The first-order chi connectivity index (χ1) is 15.7. The Bertz CT molecular complexity index is 1030. The van der Waals surface area contributed by atoms with E-state index in [0.717, 1.165) is 19.3 Å². The van der Waals surface area contributed by atoms with Crippen LogP contribution in [0.25, 0.3) is 0 Å². The van der Waals surface area contributed by atoms with Gasteiger partial charge < -0.3 is 14.9 Å². The van der Waals surface area contributed by atoms with Crippen LogP contribution in [-0.4, -0.2) is 33.0 Å². The van der Waals surface area contributed by atoms with Crippen LogP contribution in [0.4, 0.5) is 4.79 Å². The van der Waals surface area contributed by atoms with Crippen LogP contribution in [0.2, 0.25) is 0 Å². The van der Waals surface area contributed by atoms with Gasteiger partial charge in [-0.25, -0.2) is 4.79 Å². The van der Waals surface area contributed by atoms with Gasteiger partial charge in [0.2, 0.25) is 0 Å². The summed E-state index contributed by atoms with van der Waals surface area (Å²) in [5, 5.41) is 21.0. The summed E-state index contributed by atoms with van der Waals surface area (Å²) >= 11 is 1.26. The van der Waals surface area contributed by atoms with Crippen LogP contribution in [0.5, 0.6) is 5.75 Å². The molecule has 1 aromatic rings. The second-order valence-corrected chi connectivity index (χ2v) is 11.9. The lowest BCUT2D eigenvalue weighted by molar-refractivity contribution is -0.0489. The number of allylic oxidation sites excluding steroid dienone is 4. The lowest BCUT2D eigenvalue weighted by atomic mass is 9.50. The molecule has 0 saturated heterocycles. The van der Waals surface area contributed by atoms with E-state index in [1.54, 1.807) is 12.1 Å². The molecule has 1 aromatic carbocycles. The summed E-state index contributed by atoms with van der Waals surface area (Å²) in [7, 11) is 0. The van der Waals surface area contributed by atoms with E-state index >= 15 is 0 Å². The fraction of sp³-hybridized carbons (Fsp3) is 0.536. The van der Waals surface area contributed by atoms with E-state index in [2.05, 4.69) is 39.0 Å². The first-order valence-corrected chi connectivity index (χ1v) is 13.0. The topological polar surface area (TPSA) is 66.8 Å². The van der Waals surface area contributed by atoms with Crippen molar-refractivity contribution in [3.8, 4) is 5.75 Å². The molecule has 4 aliphatic carbocycles. The summed E-state index contributed by atoms with van der Waals surface area (Å²) < 4.78 is 5.52. The lowest BCUT2D eigenvalue weighted by Gasteiger charge is -2.56. The van der Waals surface area contributed by atoms with Gasteiger partial charge >= 0.3 is 5.30 Å². The molecule has 33 heavy (non-hydrogen) atoms. The monoisotopic (exact) mass is 466 g/mol. The van der Waals surface area contributed by atoms with Crippen molar-refractivity contribution in [2.24, 2.45) is 22.7 Å². The van der Waals surface area contributed by atoms with Crippen LogP contribution in [0.15, 0.2) is 65.3 Å². The standard InChI is InChI=1S/C28H34O4S/c1-17(33-26(31)32-20-7-5-4-6-8-20)22-11-12-23-21-10-9-18-15-19(29)16-25(30)28(18,3)24(21)13-14-27(22,23)2/h4-11,17,19,23-25,29-30H,12-16H2,1-3H3/t17-,19-,23?,24?,25+,27-,28+/m1/s1. The third-order valence-corrected chi connectivity index (χ3v) is 9.83. The number of benzene rings is 1. The Kier molecular flexibility index (Phi) is 5.87. The van der Waals surface area contributed by atoms with Crippen molar-refractivity contribution < 1.29 is 19.7 Å². The quantitative estimate of drug-likeness (QED) is 0.419. The van der Waals surface area contributed by atoms with Gasteiger partial charge in [-0.3, -0.25) is 0 Å². The number of fused-ring (bicyclic) bond motifs is 5. The van der Waals surface area contributed by atoms with Crippen LogP contribution in [0, 0.1) is 22.7 Å². The van der Waals surface area contributed by atoms with Crippen molar-refractivity contribution in [2.75, 3.05) is 0 Å². The second kappa shape index (κ2) is 8.44. The molecule has 2 unspecified atom stereocenters. The zero-order chi connectivity index (χ0) is 23.4. The molecule has 4 aliphatic rings. The van der Waals surface area contributed by atoms with Gasteiger partial charge in [0, 0.05) is 17.1 Å². The number of carbonyl (C=O) groups is 1. The van der Waals surface area contributed by atoms with Gasteiger partial charge in [-0.05, 0) is 73.8 Å². The summed E-state index contributed by atoms with van der Waals surface area (Å²) in [5.41, 5.74) is 3.72. The van der Waals surface area contributed by atoms with E-state index in [0.29, 0.717) is 30.4 Å². The Labute approximate surface area is 200 Å². The molecule has 7 atom stereocenters. The molecule has 0 bridgehead atoms. The SMILES string of the molecule is C[C@@H](SC(=O)Oc1ccccc1)C1=CCC2C3=CC=C4C[C@@H](O)C[C@H](O)[C@]4(C)C3CC[C@]12C. The number of rotatable bonds is 3. The zero-order valence-corrected chi connectivity index (χ0v) is 20.5. The fourth-order valence-electron chi connectivity index (χ4n) is 7.11. The molecule has 0 radical (unpaired) electrons. The van der Waals surface area contributed by atoms with Gasteiger partial charge in [0.1, 0.15) is 5.75 Å². The fourth-order valence-corrected chi connectivity index (χ4v) is 8.04. The molecule has 176 valence electrons. The molecule has 0 aliphatic heterocycles. The van der Waals surface area contributed by atoms with Gasteiger partial charge in [-0.2, -0.15) is 0 Å². The Morgan fingerprint density at radius 3 is 2.67 bits per heavy atom. The van der Waals surface area contributed by atoms with E-state index in [9.17, 15) is 15.0 Å². The average molecular weight is 467 g/mol. The van der Waals surface area contributed by atoms with Crippen molar-refractivity contribution in [1.82, 2.24) is 0 Å². The van der Waals surface area contributed by atoms with Gasteiger partial charge in [-0.15, -0.1) is 0 Å². The third kappa shape index (κ3) is 3.73. The van der Waals surface area contributed by atoms with Crippen molar-refractivity contribution in [3.05, 3.63) is 65.3 Å². The van der Waals surface area contributed by atoms with Crippen LogP contribution in [0.1, 0.15) is 52.9 Å². The van der Waals surface area contributed by atoms with Gasteiger partial charge in [0.25, 0.3) is 0 Å². The minimum absolute atomic E-state index is 0.0165. The summed E-state index contributed by atoms with van der Waals surface area (Å²) in [4.78, 5) is 12.6. The Hall–Kier alpha value is -1.82. The summed E-state index contributed by atoms with van der Waals surface area (Å²) in [6.07, 6.45) is 10.0. The van der Waals surface area contributed by atoms with Crippen molar-refractivity contribution in [2.45, 2.75) is 70.3 Å². The first kappa shape index (κ1) is 22.9. The highest BCUT2D eigenvalue weighted by Crippen LogP contribution is 2.64. The highest BCUT2D eigenvalue weighted by Gasteiger charge is 2.57. The lowest BCUT2D eigenvalue weighted by Crippen LogP contribution is -2.52. The molecule has 0 spiro atoms. The molecule has 5 rings (SSSR count). The molecule has 2 N–H and O–H groups in total. The molecule has 5 heteroatoms. The number of ether oxygens (including phenoxy) is 1. The van der Waals surface area contributed by atoms with Gasteiger partial charge in [0.15, 0.2) is 0 Å². The number of thioether (sulfide) groups is 1. The predicted molar refractivity (Wildman–Crippen MR) is 132 cm³/mol. The van der Waals surface area contributed by atoms with E-state index in [1.807, 2.05) is 18.2 Å². The molecular weight excluding hydrogens is 432 g/mol. The summed E-state index contributed by atoms with van der Waals surface area (Å²) in [6, 6.07) is 9.23. The Morgan fingerprint density at radius 2 is 1.91 bits per heavy atom. The predicted octanol–water partition coefficient (Wildman–Crippen LogP) is 6.06. The van der Waals surface area contributed by atoms with E-state index in [1.165, 1.54) is 28.5 Å². The minimum atomic E-state index is -0.512. The summed E-state index contributed by atoms with van der Waals surface area (Å²) in [5.74, 6) is 1.29. The zero-order valence-electron chi connectivity index (χ0n) is 19.7. The smallest absolute Gasteiger partial charge is 0.373 e. The summed E-state index contributed by atoms with van der Waals surface area (Å²) in [6.45, 7) is 6.68. The van der Waals surface area contributed by atoms with Crippen LogP contribution in [0.3, 0.4) is 0 Å². The Balaban J connectivity index is 1.34. The van der Waals surface area contributed by atoms with E-state index < -0.39 is 12.2 Å². The Morgan fingerprint density at radius 1 is 1.15 bits per heavy atom. The van der Waals surface area contributed by atoms with Gasteiger partial charge in [-0.1, -0.05) is 67.0 Å². The average Bonchev–Trinajstić information content (AvgIpc) is 3.13. The maximum absolute atomic E-state index is 12.6. The molecule has 0 aromatic heterocycles. The second-order valence-electron chi connectivity index (χ2n) is 10.6. The molecule has 0 heterocycles. The largest absolute Gasteiger partial charge is 0.418 e. The number of carbonyl (C=O) groups excluding carboxylic acids is 1. The normalized spacial score (nSPS) is 38.2. The van der Waals surface area contributed by atoms with Crippen molar-refractivity contribution in [1.29, 1.82) is 0 Å². The first-order valence-electron chi connectivity index (χ1n) is 12.1. The highest BCUT2D eigenvalue weighted by molar-refractivity contribution is 8.14. The number of hydrogen-bond acceptors (Lipinski definition) is 5.